The van der Waals surface area contributed by atoms with Crippen molar-refractivity contribution in [3.05, 3.63) is 37.7 Å². The Morgan fingerprint density at radius 1 is 1.06 bits per heavy atom. The number of allylic oxidation sites excluding steroid dienone is 2. The van der Waals surface area contributed by atoms with E-state index in [0.717, 1.165) is 5.88 Å². The lowest BCUT2D eigenvalue weighted by Crippen LogP contribution is -2.19. The van der Waals surface area contributed by atoms with Crippen LogP contribution in [-0.2, 0) is 0 Å². The van der Waals surface area contributed by atoms with E-state index in [1.54, 1.807) is 10.6 Å². The number of thioether (sulfide) groups is 1. The molecule has 0 atom stereocenters. The quantitative estimate of drug-likeness (QED) is 0.637. The molecule has 0 amide bonds. The first kappa shape index (κ1) is 12.1. The summed E-state index contributed by atoms with van der Waals surface area (Å²) < 4.78 is 2.35. The summed E-state index contributed by atoms with van der Waals surface area (Å²) in [4.78, 5) is 4.08. The number of hydrogen-bond donors (Lipinski definition) is 0. The van der Waals surface area contributed by atoms with Gasteiger partial charge in [0, 0.05) is 19.5 Å². The van der Waals surface area contributed by atoms with Gasteiger partial charge in [-0.1, -0.05) is 6.07 Å². The molecule has 1 aromatic rings. The van der Waals surface area contributed by atoms with Gasteiger partial charge in [-0.3, -0.25) is 0 Å². The highest BCUT2D eigenvalue weighted by molar-refractivity contribution is 9.11. The predicted molar refractivity (Wildman–Crippen MR) is 82.3 cm³/mol. The van der Waals surface area contributed by atoms with Crippen molar-refractivity contribution in [2.24, 2.45) is 0 Å². The molecule has 0 saturated heterocycles. The van der Waals surface area contributed by atoms with E-state index in [4.69, 9.17) is 0 Å². The molecule has 1 aliphatic heterocycles. The summed E-state index contributed by atoms with van der Waals surface area (Å²) >= 11 is 9.35. The van der Waals surface area contributed by atoms with E-state index in [0.29, 0.717) is 0 Å². The van der Waals surface area contributed by atoms with Crippen molar-refractivity contribution in [1.29, 1.82) is 0 Å². The van der Waals surface area contributed by atoms with Crippen LogP contribution < -0.4 is 4.90 Å². The van der Waals surface area contributed by atoms with Crippen molar-refractivity contribution in [1.82, 2.24) is 0 Å². The average Bonchev–Trinajstić information content (AvgIpc) is 2.73. The zero-order chi connectivity index (χ0) is 11.8. The number of halogens is 2. The van der Waals surface area contributed by atoms with Gasteiger partial charge < -0.3 is 4.90 Å². The third kappa shape index (κ3) is 2.20. The predicted octanol–water partition coefficient (Wildman–Crippen LogP) is 5.51. The minimum absolute atomic E-state index is 1.06. The van der Waals surface area contributed by atoms with Crippen molar-refractivity contribution in [2.75, 3.05) is 10.8 Å². The third-order valence-corrected chi connectivity index (χ3v) is 5.75. The van der Waals surface area contributed by atoms with Gasteiger partial charge in [-0.25, -0.2) is 0 Å². The van der Waals surface area contributed by atoms with E-state index in [2.05, 4.69) is 55.0 Å². The Morgan fingerprint density at radius 3 is 2.53 bits per heavy atom. The molecule has 4 heteroatoms. The second kappa shape index (κ2) is 4.98. The Hall–Kier alpha value is 0.0700. The first-order valence-corrected chi connectivity index (χ1v) is 8.41. The molecule has 2 aliphatic rings. The minimum Gasteiger partial charge on any atom is -0.332 e. The van der Waals surface area contributed by atoms with Crippen LogP contribution in [0.3, 0.4) is 0 Å². The Kier molecular flexibility index (Phi) is 3.55. The molecule has 1 aromatic carbocycles. The number of hydrogen-bond acceptors (Lipinski definition) is 2. The first-order chi connectivity index (χ1) is 8.27. The third-order valence-electron chi connectivity index (χ3n) is 3.29. The Morgan fingerprint density at radius 2 is 1.76 bits per heavy atom. The lowest BCUT2D eigenvalue weighted by molar-refractivity contribution is 0.683. The molecule has 0 unspecified atom stereocenters. The molecule has 0 bridgehead atoms. The number of benzene rings is 1. The van der Waals surface area contributed by atoms with Crippen LogP contribution in [0.4, 0.5) is 5.69 Å². The Labute approximate surface area is 123 Å². The van der Waals surface area contributed by atoms with Gasteiger partial charge in [0.1, 0.15) is 0 Å². The van der Waals surface area contributed by atoms with Crippen LogP contribution in [0.1, 0.15) is 25.7 Å². The van der Waals surface area contributed by atoms with Gasteiger partial charge in [0.25, 0.3) is 0 Å². The van der Waals surface area contributed by atoms with Crippen LogP contribution in [0.15, 0.2) is 37.7 Å². The van der Waals surface area contributed by atoms with E-state index >= 15 is 0 Å². The van der Waals surface area contributed by atoms with Crippen LogP contribution in [0, 0.1) is 0 Å². The summed E-state index contributed by atoms with van der Waals surface area (Å²) in [6, 6.07) is 6.30. The van der Waals surface area contributed by atoms with Crippen LogP contribution >= 0.6 is 43.6 Å². The van der Waals surface area contributed by atoms with Gasteiger partial charge in [0.2, 0.25) is 0 Å². The highest BCUT2D eigenvalue weighted by Crippen LogP contribution is 2.47. The summed E-state index contributed by atoms with van der Waals surface area (Å²) in [6.45, 7) is 0. The zero-order valence-corrected chi connectivity index (χ0v) is 13.4. The molecule has 0 fully saturated rings. The highest BCUT2D eigenvalue weighted by atomic mass is 79.9. The molecule has 0 spiro atoms. The smallest absolute Gasteiger partial charge is 0.0730 e. The normalized spacial score (nSPS) is 19.8. The largest absolute Gasteiger partial charge is 0.332 e. The van der Waals surface area contributed by atoms with E-state index in [1.165, 1.54) is 40.3 Å². The second-order valence-corrected chi connectivity index (χ2v) is 7.10. The van der Waals surface area contributed by atoms with Crippen LogP contribution in [0.5, 0.6) is 0 Å². The number of rotatable bonds is 1. The molecule has 0 N–H and O–H groups in total. The zero-order valence-electron chi connectivity index (χ0n) is 9.38. The van der Waals surface area contributed by atoms with Crippen molar-refractivity contribution in [2.45, 2.75) is 25.7 Å². The van der Waals surface area contributed by atoms with Gasteiger partial charge in [0.05, 0.1) is 11.6 Å². The standard InChI is InChI=1S/C13H13Br2NS/c14-9-4-3-5-10(15)13(9)16-8-17-12-7-2-1-6-11(12)16/h3-5H,1-2,6-8H2. The maximum atomic E-state index is 3.67. The number of para-hydroxylation sites is 1. The molecule has 0 saturated carbocycles. The monoisotopic (exact) mass is 373 g/mol. The fourth-order valence-electron chi connectivity index (χ4n) is 2.47. The van der Waals surface area contributed by atoms with E-state index in [1.807, 2.05) is 11.8 Å². The molecule has 0 aromatic heterocycles. The second-order valence-electron chi connectivity index (χ2n) is 4.35. The number of anilines is 1. The maximum Gasteiger partial charge on any atom is 0.0730 e. The molecular weight excluding hydrogens is 362 g/mol. The summed E-state index contributed by atoms with van der Waals surface area (Å²) in [5, 5.41) is 0. The SMILES string of the molecule is Brc1cccc(Br)c1N1CSC2=C1CCCC2. The summed E-state index contributed by atoms with van der Waals surface area (Å²) in [7, 11) is 0. The lowest BCUT2D eigenvalue weighted by atomic mass is 10.0. The molecule has 0 radical (unpaired) electrons. The van der Waals surface area contributed by atoms with Crippen LogP contribution in [0.25, 0.3) is 0 Å². The van der Waals surface area contributed by atoms with E-state index in [9.17, 15) is 0 Å². The topological polar surface area (TPSA) is 3.24 Å². The fourth-order valence-corrected chi connectivity index (χ4v) is 5.13. The number of nitrogens with zero attached hydrogens (tertiary/aromatic N) is 1. The van der Waals surface area contributed by atoms with Crippen molar-refractivity contribution >= 4 is 49.3 Å². The molecule has 1 aliphatic carbocycles. The molecule has 1 heterocycles. The van der Waals surface area contributed by atoms with Crippen molar-refractivity contribution in [3.63, 3.8) is 0 Å². The average molecular weight is 375 g/mol. The van der Waals surface area contributed by atoms with Gasteiger partial charge in [-0.15, -0.1) is 11.8 Å². The van der Waals surface area contributed by atoms with Crippen LogP contribution in [-0.4, -0.2) is 5.88 Å². The van der Waals surface area contributed by atoms with Gasteiger partial charge in [-0.2, -0.15) is 0 Å². The minimum atomic E-state index is 1.06. The highest BCUT2D eigenvalue weighted by Gasteiger charge is 2.28. The van der Waals surface area contributed by atoms with Gasteiger partial charge in [-0.05, 0) is 69.7 Å². The van der Waals surface area contributed by atoms with E-state index < -0.39 is 0 Å². The maximum absolute atomic E-state index is 3.67. The molecule has 17 heavy (non-hydrogen) atoms. The van der Waals surface area contributed by atoms with Gasteiger partial charge >= 0.3 is 0 Å². The lowest BCUT2D eigenvalue weighted by Gasteiger charge is -2.26. The molecule has 3 rings (SSSR count). The molecule has 1 nitrogen and oxygen atoms in total. The molecular formula is C13H13Br2NS. The Bertz CT molecular complexity index is 464. The van der Waals surface area contributed by atoms with Crippen molar-refractivity contribution < 1.29 is 0 Å². The fraction of sp³-hybridized carbons (Fsp3) is 0.385. The first-order valence-electron chi connectivity index (χ1n) is 5.84. The summed E-state index contributed by atoms with van der Waals surface area (Å²) in [5.74, 6) is 1.06. The molecule has 90 valence electrons. The van der Waals surface area contributed by atoms with E-state index in [-0.39, 0.29) is 0 Å². The Balaban J connectivity index is 2.03. The summed E-state index contributed by atoms with van der Waals surface area (Å²) in [5.41, 5.74) is 2.83. The van der Waals surface area contributed by atoms with Crippen molar-refractivity contribution in [3.8, 4) is 0 Å². The van der Waals surface area contributed by atoms with Crippen LogP contribution in [0.2, 0.25) is 0 Å². The van der Waals surface area contributed by atoms with Gasteiger partial charge in [0.15, 0.2) is 0 Å². The summed E-state index contributed by atoms with van der Waals surface area (Å²) in [6.07, 6.45) is 5.20.